The number of hydrogen-bond acceptors (Lipinski definition) is 3. The Bertz CT molecular complexity index is 1260. The lowest BCUT2D eigenvalue weighted by molar-refractivity contribution is 0.0734. The lowest BCUT2D eigenvalue weighted by atomic mass is 10.0. The fourth-order valence-electron chi connectivity index (χ4n) is 3.18. The molecule has 4 aromatic carbocycles. The first-order valence-electron chi connectivity index (χ1n) is 10.0. The van der Waals surface area contributed by atoms with Gasteiger partial charge < -0.3 is 4.74 Å². The standard InChI is InChI=1S/C28H19FO3/c29-25-17-14-24(15-18-25)28(31)32-27-9-5-4-8-23(27)16-19-26(30)22-12-10-21(11-13-22)20-6-2-1-3-7-20/h1-19H/b19-16+. The van der Waals surface area contributed by atoms with Gasteiger partial charge in [-0.05, 0) is 53.6 Å². The van der Waals surface area contributed by atoms with Gasteiger partial charge in [0.15, 0.2) is 5.78 Å². The van der Waals surface area contributed by atoms with E-state index < -0.39 is 11.8 Å². The van der Waals surface area contributed by atoms with Crippen molar-refractivity contribution in [3.8, 4) is 16.9 Å². The summed E-state index contributed by atoms with van der Waals surface area (Å²) in [4.78, 5) is 25.0. The third-order valence-electron chi connectivity index (χ3n) is 4.89. The SMILES string of the molecule is O=C(/C=C/c1ccccc1OC(=O)c1ccc(F)cc1)c1ccc(-c2ccccc2)cc1. The molecular weight excluding hydrogens is 403 g/mol. The van der Waals surface area contributed by atoms with E-state index in [4.69, 9.17) is 4.74 Å². The maximum absolute atomic E-state index is 13.1. The van der Waals surface area contributed by atoms with Gasteiger partial charge in [-0.3, -0.25) is 4.79 Å². The largest absolute Gasteiger partial charge is 0.422 e. The summed E-state index contributed by atoms with van der Waals surface area (Å²) in [6, 6.07) is 29.3. The van der Waals surface area contributed by atoms with Crippen LogP contribution < -0.4 is 4.74 Å². The topological polar surface area (TPSA) is 43.4 Å². The van der Waals surface area contributed by atoms with Gasteiger partial charge in [-0.25, -0.2) is 9.18 Å². The number of halogens is 1. The quantitative estimate of drug-likeness (QED) is 0.152. The second-order valence-electron chi connectivity index (χ2n) is 7.08. The van der Waals surface area contributed by atoms with Crippen molar-refractivity contribution in [3.63, 3.8) is 0 Å². The molecule has 0 amide bonds. The molecule has 0 spiro atoms. The number of para-hydroxylation sites is 1. The van der Waals surface area contributed by atoms with E-state index in [0.29, 0.717) is 16.9 Å². The van der Waals surface area contributed by atoms with Crippen LogP contribution in [0.15, 0.2) is 109 Å². The van der Waals surface area contributed by atoms with E-state index in [-0.39, 0.29) is 11.3 Å². The van der Waals surface area contributed by atoms with E-state index in [1.165, 1.54) is 30.3 Å². The average molecular weight is 422 g/mol. The van der Waals surface area contributed by atoms with Gasteiger partial charge >= 0.3 is 5.97 Å². The van der Waals surface area contributed by atoms with Crippen LogP contribution in [0.1, 0.15) is 26.3 Å². The summed E-state index contributed by atoms with van der Waals surface area (Å²) >= 11 is 0. The Morgan fingerprint density at radius 2 is 1.25 bits per heavy atom. The Hall–Kier alpha value is -4.31. The van der Waals surface area contributed by atoms with E-state index >= 15 is 0 Å². The van der Waals surface area contributed by atoms with Crippen molar-refractivity contribution < 1.29 is 18.7 Å². The zero-order valence-electron chi connectivity index (χ0n) is 17.1. The molecule has 4 heteroatoms. The van der Waals surface area contributed by atoms with E-state index in [0.717, 1.165) is 11.1 Å². The van der Waals surface area contributed by atoms with Gasteiger partial charge in [0.05, 0.1) is 5.56 Å². The van der Waals surface area contributed by atoms with E-state index in [2.05, 4.69) is 0 Å². The number of hydrogen-bond donors (Lipinski definition) is 0. The molecule has 0 unspecified atom stereocenters. The first-order chi connectivity index (χ1) is 15.6. The Morgan fingerprint density at radius 1 is 0.656 bits per heavy atom. The van der Waals surface area contributed by atoms with Gasteiger partial charge in [0.25, 0.3) is 0 Å². The summed E-state index contributed by atoms with van der Waals surface area (Å²) in [5.74, 6) is -0.886. The summed E-state index contributed by atoms with van der Waals surface area (Å²) in [6.07, 6.45) is 3.06. The van der Waals surface area contributed by atoms with Crippen molar-refractivity contribution in [3.05, 3.63) is 132 Å². The van der Waals surface area contributed by atoms with Crippen LogP contribution >= 0.6 is 0 Å². The summed E-state index contributed by atoms with van der Waals surface area (Å²) in [5, 5.41) is 0. The highest BCUT2D eigenvalue weighted by Gasteiger charge is 2.11. The predicted molar refractivity (Wildman–Crippen MR) is 123 cm³/mol. The molecule has 4 rings (SSSR count). The molecule has 0 N–H and O–H groups in total. The maximum Gasteiger partial charge on any atom is 0.343 e. The highest BCUT2D eigenvalue weighted by molar-refractivity contribution is 6.07. The van der Waals surface area contributed by atoms with Crippen LogP contribution in [0.3, 0.4) is 0 Å². The molecule has 0 aliphatic heterocycles. The molecule has 0 atom stereocenters. The van der Waals surface area contributed by atoms with Crippen LogP contribution in [-0.2, 0) is 0 Å². The second-order valence-corrected chi connectivity index (χ2v) is 7.08. The molecule has 0 fully saturated rings. The molecule has 0 radical (unpaired) electrons. The summed E-state index contributed by atoms with van der Waals surface area (Å²) in [7, 11) is 0. The Morgan fingerprint density at radius 3 is 1.97 bits per heavy atom. The number of carbonyl (C=O) groups is 2. The number of allylic oxidation sites excluding steroid dienone is 1. The van der Waals surface area contributed by atoms with Crippen LogP contribution in [0.2, 0.25) is 0 Å². The summed E-state index contributed by atoms with van der Waals surface area (Å²) < 4.78 is 18.5. The molecule has 0 saturated heterocycles. The Kier molecular flexibility index (Phi) is 6.33. The van der Waals surface area contributed by atoms with Gasteiger partial charge in [-0.1, -0.05) is 72.8 Å². The average Bonchev–Trinajstić information content (AvgIpc) is 2.84. The molecule has 32 heavy (non-hydrogen) atoms. The molecule has 0 heterocycles. The van der Waals surface area contributed by atoms with Crippen LogP contribution in [0, 0.1) is 5.82 Å². The molecule has 0 saturated carbocycles. The van der Waals surface area contributed by atoms with Crippen molar-refractivity contribution >= 4 is 17.8 Å². The highest BCUT2D eigenvalue weighted by Crippen LogP contribution is 2.22. The third-order valence-corrected chi connectivity index (χ3v) is 4.89. The lowest BCUT2D eigenvalue weighted by Gasteiger charge is -2.07. The van der Waals surface area contributed by atoms with Crippen molar-refractivity contribution in [2.45, 2.75) is 0 Å². The molecule has 4 aromatic rings. The highest BCUT2D eigenvalue weighted by atomic mass is 19.1. The zero-order chi connectivity index (χ0) is 22.3. The van der Waals surface area contributed by atoms with Crippen LogP contribution in [0.4, 0.5) is 4.39 Å². The minimum Gasteiger partial charge on any atom is -0.422 e. The molecule has 3 nitrogen and oxygen atoms in total. The summed E-state index contributed by atoms with van der Waals surface area (Å²) in [5.41, 5.74) is 3.49. The lowest BCUT2D eigenvalue weighted by Crippen LogP contribution is -2.09. The number of ketones is 1. The molecule has 0 aliphatic rings. The van der Waals surface area contributed by atoms with E-state index in [1.54, 1.807) is 42.5 Å². The van der Waals surface area contributed by atoms with Gasteiger partial charge in [0.2, 0.25) is 0 Å². The molecule has 0 aliphatic carbocycles. The monoisotopic (exact) mass is 422 g/mol. The van der Waals surface area contributed by atoms with Crippen LogP contribution in [0.5, 0.6) is 5.75 Å². The van der Waals surface area contributed by atoms with E-state index in [1.807, 2.05) is 42.5 Å². The van der Waals surface area contributed by atoms with Crippen molar-refractivity contribution in [2.24, 2.45) is 0 Å². The van der Waals surface area contributed by atoms with Gasteiger partial charge in [-0.15, -0.1) is 0 Å². The molecule has 0 aromatic heterocycles. The minimum absolute atomic E-state index is 0.163. The van der Waals surface area contributed by atoms with Crippen molar-refractivity contribution in [1.82, 2.24) is 0 Å². The number of benzene rings is 4. The minimum atomic E-state index is -0.603. The number of ether oxygens (including phenoxy) is 1. The second kappa shape index (κ2) is 9.67. The fraction of sp³-hybridized carbons (Fsp3) is 0. The first-order valence-corrected chi connectivity index (χ1v) is 10.0. The molecule has 0 bridgehead atoms. The zero-order valence-corrected chi connectivity index (χ0v) is 17.1. The Labute approximate surface area is 185 Å². The Balaban J connectivity index is 1.48. The fourth-order valence-corrected chi connectivity index (χ4v) is 3.18. The first kappa shape index (κ1) is 20.9. The van der Waals surface area contributed by atoms with Crippen LogP contribution in [-0.4, -0.2) is 11.8 Å². The maximum atomic E-state index is 13.1. The predicted octanol–water partition coefficient (Wildman–Crippen LogP) is 6.61. The number of carbonyl (C=O) groups excluding carboxylic acids is 2. The third kappa shape index (κ3) is 5.05. The van der Waals surface area contributed by atoms with Crippen molar-refractivity contribution in [1.29, 1.82) is 0 Å². The van der Waals surface area contributed by atoms with Gasteiger partial charge in [-0.2, -0.15) is 0 Å². The normalized spacial score (nSPS) is 10.8. The summed E-state index contributed by atoms with van der Waals surface area (Å²) in [6.45, 7) is 0. The van der Waals surface area contributed by atoms with Crippen molar-refractivity contribution in [2.75, 3.05) is 0 Å². The number of esters is 1. The smallest absolute Gasteiger partial charge is 0.343 e. The number of rotatable bonds is 6. The molecular formula is C28H19FO3. The van der Waals surface area contributed by atoms with Crippen LogP contribution in [0.25, 0.3) is 17.2 Å². The van der Waals surface area contributed by atoms with E-state index in [9.17, 15) is 14.0 Å². The van der Waals surface area contributed by atoms with Gasteiger partial charge in [0, 0.05) is 11.1 Å². The van der Waals surface area contributed by atoms with Gasteiger partial charge in [0.1, 0.15) is 11.6 Å². The molecule has 156 valence electrons.